The second-order valence-electron chi connectivity index (χ2n) is 5.45. The number of amides is 1. The zero-order chi connectivity index (χ0) is 14.7. The molecule has 5 nitrogen and oxygen atoms in total. The van der Waals surface area contributed by atoms with Crippen molar-refractivity contribution in [1.29, 1.82) is 0 Å². The van der Waals surface area contributed by atoms with Gasteiger partial charge in [0.25, 0.3) is 0 Å². The number of carbonyl (C=O) groups excluding carboxylic acids is 1. The number of ether oxygens (including phenoxy) is 1. The van der Waals surface area contributed by atoms with Gasteiger partial charge < -0.3 is 9.64 Å². The third kappa shape index (κ3) is 3.11. The molecule has 0 aromatic heterocycles. The van der Waals surface area contributed by atoms with Gasteiger partial charge in [-0.05, 0) is 20.3 Å². The Balaban J connectivity index is 2.12. The fraction of sp³-hybridized carbons (Fsp3) is 0.714. The van der Waals surface area contributed by atoms with Gasteiger partial charge in [-0.1, -0.05) is 12.7 Å². The highest BCUT2D eigenvalue weighted by Crippen LogP contribution is 2.27. The molecule has 0 aromatic rings. The standard InChI is InChI=1S/C14H23N3O2S/c1-4-7-19-14(18)17-9-11(20)8-12(17)13-15-5-6-16(13)10(2)3/h4,10-12,20H,1,5-9H2,2-3H3. The molecule has 1 saturated heterocycles. The summed E-state index contributed by atoms with van der Waals surface area (Å²) in [5, 5.41) is 0.175. The predicted molar refractivity (Wildman–Crippen MR) is 83.6 cm³/mol. The fourth-order valence-electron chi connectivity index (χ4n) is 2.77. The van der Waals surface area contributed by atoms with Crippen molar-refractivity contribution in [3.63, 3.8) is 0 Å². The number of amidine groups is 1. The Bertz CT molecular complexity index is 411. The minimum atomic E-state index is -0.301. The SMILES string of the molecule is C=CCOC(=O)N1CC(S)CC1C1=NCCN1C(C)C. The molecule has 2 aliphatic rings. The first kappa shape index (κ1) is 15.2. The van der Waals surface area contributed by atoms with E-state index < -0.39 is 0 Å². The minimum absolute atomic E-state index is 0.0142. The molecule has 2 heterocycles. The van der Waals surface area contributed by atoms with E-state index in [0.29, 0.717) is 12.6 Å². The molecule has 112 valence electrons. The third-order valence-electron chi connectivity index (χ3n) is 3.67. The largest absolute Gasteiger partial charge is 0.445 e. The van der Waals surface area contributed by atoms with Crippen molar-refractivity contribution in [3.8, 4) is 0 Å². The maximum absolute atomic E-state index is 12.1. The van der Waals surface area contributed by atoms with E-state index in [1.54, 1.807) is 11.0 Å². The lowest BCUT2D eigenvalue weighted by atomic mass is 10.1. The van der Waals surface area contributed by atoms with Crippen LogP contribution in [0.25, 0.3) is 0 Å². The zero-order valence-corrected chi connectivity index (χ0v) is 13.1. The number of rotatable bonds is 4. The number of likely N-dealkylation sites (tertiary alicyclic amines) is 1. The average molecular weight is 297 g/mol. The molecule has 0 N–H and O–H groups in total. The first-order valence-electron chi connectivity index (χ1n) is 7.08. The summed E-state index contributed by atoms with van der Waals surface area (Å²) in [5.74, 6) is 1.01. The van der Waals surface area contributed by atoms with E-state index >= 15 is 0 Å². The third-order valence-corrected chi connectivity index (χ3v) is 4.04. The van der Waals surface area contributed by atoms with Gasteiger partial charge in [-0.3, -0.25) is 9.89 Å². The van der Waals surface area contributed by atoms with Crippen molar-refractivity contribution in [1.82, 2.24) is 9.80 Å². The molecule has 0 saturated carbocycles. The van der Waals surface area contributed by atoms with E-state index in [2.05, 4.69) is 42.9 Å². The second-order valence-corrected chi connectivity index (χ2v) is 6.18. The van der Waals surface area contributed by atoms with Gasteiger partial charge in [-0.2, -0.15) is 12.6 Å². The van der Waals surface area contributed by atoms with Crippen molar-refractivity contribution >= 4 is 24.6 Å². The Labute approximate surface area is 126 Å². The molecule has 20 heavy (non-hydrogen) atoms. The summed E-state index contributed by atoms with van der Waals surface area (Å²) in [6.07, 6.45) is 2.10. The molecule has 2 atom stereocenters. The van der Waals surface area contributed by atoms with Gasteiger partial charge in [0, 0.05) is 24.4 Å². The highest BCUT2D eigenvalue weighted by Gasteiger charge is 2.41. The predicted octanol–water partition coefficient (Wildman–Crippen LogP) is 1.80. The topological polar surface area (TPSA) is 45.1 Å². The Morgan fingerprint density at radius 1 is 1.65 bits per heavy atom. The van der Waals surface area contributed by atoms with E-state index in [1.807, 2.05) is 0 Å². The Kier molecular flexibility index (Phi) is 4.96. The quantitative estimate of drug-likeness (QED) is 0.636. The van der Waals surface area contributed by atoms with Gasteiger partial charge in [-0.15, -0.1) is 0 Å². The van der Waals surface area contributed by atoms with Crippen LogP contribution in [0.1, 0.15) is 20.3 Å². The lowest BCUT2D eigenvalue weighted by Crippen LogP contribution is -2.48. The number of hydrogen-bond acceptors (Lipinski definition) is 5. The molecule has 2 unspecified atom stereocenters. The maximum Gasteiger partial charge on any atom is 0.410 e. The fourth-order valence-corrected chi connectivity index (χ4v) is 3.15. The van der Waals surface area contributed by atoms with Crippen LogP contribution in [0, 0.1) is 0 Å². The first-order valence-corrected chi connectivity index (χ1v) is 7.59. The molecule has 0 aliphatic carbocycles. The van der Waals surface area contributed by atoms with Gasteiger partial charge in [-0.25, -0.2) is 4.79 Å². The lowest BCUT2D eigenvalue weighted by Gasteiger charge is -2.31. The van der Waals surface area contributed by atoms with Crippen LogP contribution in [-0.4, -0.2) is 65.3 Å². The summed E-state index contributed by atoms with van der Waals surface area (Å²) in [7, 11) is 0. The average Bonchev–Trinajstić information content (AvgIpc) is 3.01. The number of aliphatic imine (C=N–C) groups is 1. The molecule has 6 heteroatoms. The highest BCUT2D eigenvalue weighted by molar-refractivity contribution is 7.81. The molecule has 0 radical (unpaired) electrons. The van der Waals surface area contributed by atoms with Crippen molar-refractivity contribution in [2.45, 2.75) is 37.6 Å². The molecule has 2 aliphatic heterocycles. The van der Waals surface area contributed by atoms with E-state index in [4.69, 9.17) is 4.74 Å². The van der Waals surface area contributed by atoms with Crippen LogP contribution in [0.2, 0.25) is 0 Å². The molecule has 0 aromatic carbocycles. The van der Waals surface area contributed by atoms with Crippen LogP contribution in [-0.2, 0) is 4.74 Å². The molecular formula is C14H23N3O2S. The van der Waals surface area contributed by atoms with Crippen LogP contribution in [0.3, 0.4) is 0 Å². The Hall–Kier alpha value is -1.17. The van der Waals surface area contributed by atoms with Crippen LogP contribution in [0.4, 0.5) is 4.79 Å². The van der Waals surface area contributed by atoms with Gasteiger partial charge in [0.1, 0.15) is 12.4 Å². The summed E-state index contributed by atoms with van der Waals surface area (Å²) >= 11 is 4.53. The van der Waals surface area contributed by atoms with Gasteiger partial charge in [0.2, 0.25) is 0 Å². The summed E-state index contributed by atoms with van der Waals surface area (Å²) in [4.78, 5) is 20.8. The smallest absolute Gasteiger partial charge is 0.410 e. The minimum Gasteiger partial charge on any atom is -0.445 e. The molecule has 0 bridgehead atoms. The second kappa shape index (κ2) is 6.52. The summed E-state index contributed by atoms with van der Waals surface area (Å²) in [6, 6.07) is 0.376. The maximum atomic E-state index is 12.1. The van der Waals surface area contributed by atoms with Crippen molar-refractivity contribution < 1.29 is 9.53 Å². The summed E-state index contributed by atoms with van der Waals surface area (Å²) in [5.41, 5.74) is 0. The van der Waals surface area contributed by atoms with Crippen LogP contribution >= 0.6 is 12.6 Å². The van der Waals surface area contributed by atoms with Crippen molar-refractivity contribution in [3.05, 3.63) is 12.7 Å². The highest BCUT2D eigenvalue weighted by atomic mass is 32.1. The van der Waals surface area contributed by atoms with Crippen molar-refractivity contribution in [2.75, 3.05) is 26.2 Å². The van der Waals surface area contributed by atoms with Crippen LogP contribution < -0.4 is 0 Å². The number of carbonyl (C=O) groups is 1. The number of nitrogens with zero attached hydrogens (tertiary/aromatic N) is 3. The molecule has 0 spiro atoms. The first-order chi connectivity index (χ1) is 9.54. The van der Waals surface area contributed by atoms with E-state index in [9.17, 15) is 4.79 Å². The van der Waals surface area contributed by atoms with Gasteiger partial charge in [0.15, 0.2) is 0 Å². The van der Waals surface area contributed by atoms with E-state index in [-0.39, 0.29) is 24.0 Å². The molecule has 2 rings (SSSR count). The van der Waals surface area contributed by atoms with Crippen LogP contribution in [0.5, 0.6) is 0 Å². The van der Waals surface area contributed by atoms with Crippen LogP contribution in [0.15, 0.2) is 17.6 Å². The monoisotopic (exact) mass is 297 g/mol. The summed E-state index contributed by atoms with van der Waals surface area (Å²) < 4.78 is 5.17. The van der Waals surface area contributed by atoms with Crippen molar-refractivity contribution in [2.24, 2.45) is 4.99 Å². The Morgan fingerprint density at radius 3 is 3.05 bits per heavy atom. The van der Waals surface area contributed by atoms with Gasteiger partial charge in [0.05, 0.1) is 12.6 Å². The lowest BCUT2D eigenvalue weighted by molar-refractivity contribution is 0.114. The molecular weight excluding hydrogens is 274 g/mol. The number of hydrogen-bond donors (Lipinski definition) is 1. The van der Waals surface area contributed by atoms with E-state index in [1.165, 1.54) is 0 Å². The zero-order valence-electron chi connectivity index (χ0n) is 12.2. The molecule has 1 amide bonds. The number of thiol groups is 1. The summed E-state index contributed by atoms with van der Waals surface area (Å²) in [6.45, 7) is 10.4. The van der Waals surface area contributed by atoms with Gasteiger partial charge >= 0.3 is 6.09 Å². The normalized spacial score (nSPS) is 26.1. The van der Waals surface area contributed by atoms with E-state index in [0.717, 1.165) is 25.3 Å². The Morgan fingerprint density at radius 2 is 2.40 bits per heavy atom. The molecule has 1 fully saturated rings.